The number of pyridine rings is 2. The highest BCUT2D eigenvalue weighted by Gasteiger charge is 2.29. The van der Waals surface area contributed by atoms with E-state index in [1.807, 2.05) is 24.3 Å². The van der Waals surface area contributed by atoms with Crippen LogP contribution in [0.15, 0.2) is 53.3 Å². The number of carbonyl (C=O) groups excluding carboxylic acids is 2. The van der Waals surface area contributed by atoms with Crippen molar-refractivity contribution < 1.29 is 14.3 Å². The average molecular weight is 403 g/mol. The van der Waals surface area contributed by atoms with Gasteiger partial charge in [0.15, 0.2) is 5.78 Å². The second-order valence-electron chi connectivity index (χ2n) is 7.32. The molecule has 0 radical (unpaired) electrons. The summed E-state index contributed by atoms with van der Waals surface area (Å²) in [7, 11) is 1.60. The summed E-state index contributed by atoms with van der Waals surface area (Å²) in [5, 5.41) is 2.61. The molecular formula is C23H21N3O4. The molecule has 1 atom stereocenters. The molecule has 0 bridgehead atoms. The highest BCUT2D eigenvalue weighted by atomic mass is 16.5. The van der Waals surface area contributed by atoms with Crippen molar-refractivity contribution in [2.75, 3.05) is 12.4 Å². The van der Waals surface area contributed by atoms with Gasteiger partial charge in [-0.05, 0) is 55.2 Å². The normalized spacial score (nSPS) is 15.4. The molecule has 2 aromatic heterocycles. The lowest BCUT2D eigenvalue weighted by Crippen LogP contribution is -2.29. The number of hydrogen-bond acceptors (Lipinski definition) is 5. The number of fused-ring (bicyclic) bond motifs is 1. The monoisotopic (exact) mass is 403 g/mol. The number of rotatable bonds is 4. The predicted molar refractivity (Wildman–Crippen MR) is 112 cm³/mol. The summed E-state index contributed by atoms with van der Waals surface area (Å²) in [5.41, 5.74) is 2.06. The SMILES string of the molecule is COc1ccc(C2CC(=O)c3cc(C(=O)Nc4cccc(C)n4)c(=O)[nH]c3C2)cc1. The van der Waals surface area contributed by atoms with Gasteiger partial charge in [0, 0.05) is 23.4 Å². The summed E-state index contributed by atoms with van der Waals surface area (Å²) in [6.45, 7) is 1.80. The summed E-state index contributed by atoms with van der Waals surface area (Å²) in [6.07, 6.45) is 0.829. The van der Waals surface area contributed by atoms with E-state index < -0.39 is 11.5 Å². The number of aromatic amines is 1. The van der Waals surface area contributed by atoms with Crippen LogP contribution >= 0.6 is 0 Å². The summed E-state index contributed by atoms with van der Waals surface area (Å²) < 4.78 is 5.18. The smallest absolute Gasteiger partial charge is 0.262 e. The van der Waals surface area contributed by atoms with Gasteiger partial charge < -0.3 is 15.0 Å². The number of carbonyl (C=O) groups is 2. The molecule has 0 saturated heterocycles. The number of ether oxygens (including phenoxy) is 1. The van der Waals surface area contributed by atoms with Crippen LogP contribution in [0.3, 0.4) is 0 Å². The lowest BCUT2D eigenvalue weighted by atomic mass is 9.81. The third kappa shape index (κ3) is 3.87. The van der Waals surface area contributed by atoms with E-state index in [0.29, 0.717) is 29.9 Å². The van der Waals surface area contributed by atoms with Crippen LogP contribution < -0.4 is 15.6 Å². The Morgan fingerprint density at radius 1 is 1.13 bits per heavy atom. The van der Waals surface area contributed by atoms with Crippen molar-refractivity contribution in [3.63, 3.8) is 0 Å². The number of H-pyrrole nitrogens is 1. The van der Waals surface area contributed by atoms with Gasteiger partial charge in [0.2, 0.25) is 0 Å². The van der Waals surface area contributed by atoms with Gasteiger partial charge in [-0.15, -0.1) is 0 Å². The van der Waals surface area contributed by atoms with E-state index in [1.54, 1.807) is 32.2 Å². The number of amides is 1. The first-order valence-electron chi connectivity index (χ1n) is 9.63. The quantitative estimate of drug-likeness (QED) is 0.696. The lowest BCUT2D eigenvalue weighted by molar-refractivity contribution is 0.0963. The van der Waals surface area contributed by atoms with E-state index >= 15 is 0 Å². The Labute approximate surface area is 173 Å². The molecule has 1 aliphatic carbocycles. The first kappa shape index (κ1) is 19.6. The van der Waals surface area contributed by atoms with Crippen LogP contribution in [0.2, 0.25) is 0 Å². The molecule has 1 unspecified atom stereocenters. The second kappa shape index (κ2) is 7.94. The van der Waals surface area contributed by atoms with Crippen LogP contribution in [0.4, 0.5) is 5.82 Å². The Hall–Kier alpha value is -3.74. The molecule has 7 heteroatoms. The highest BCUT2D eigenvalue weighted by molar-refractivity contribution is 6.06. The van der Waals surface area contributed by atoms with Gasteiger partial charge >= 0.3 is 0 Å². The zero-order chi connectivity index (χ0) is 21.3. The Bertz CT molecular complexity index is 1180. The molecule has 3 aromatic rings. The minimum absolute atomic E-state index is 0.0391. The minimum Gasteiger partial charge on any atom is -0.497 e. The van der Waals surface area contributed by atoms with E-state index in [0.717, 1.165) is 17.0 Å². The molecule has 30 heavy (non-hydrogen) atoms. The van der Waals surface area contributed by atoms with Crippen LogP contribution in [0.1, 0.15) is 50.0 Å². The Morgan fingerprint density at radius 3 is 2.60 bits per heavy atom. The number of nitrogens with one attached hydrogen (secondary N) is 2. The maximum Gasteiger partial charge on any atom is 0.262 e. The summed E-state index contributed by atoms with van der Waals surface area (Å²) in [5.74, 6) is 0.359. The third-order valence-corrected chi connectivity index (χ3v) is 5.27. The van der Waals surface area contributed by atoms with Gasteiger partial charge in [-0.3, -0.25) is 14.4 Å². The number of hydrogen-bond donors (Lipinski definition) is 2. The van der Waals surface area contributed by atoms with Gasteiger partial charge in [0.1, 0.15) is 17.1 Å². The van der Waals surface area contributed by atoms with Crippen molar-refractivity contribution in [1.82, 2.24) is 9.97 Å². The van der Waals surface area contributed by atoms with Gasteiger partial charge in [0.05, 0.1) is 7.11 Å². The van der Waals surface area contributed by atoms with Crippen molar-refractivity contribution in [1.29, 1.82) is 0 Å². The molecule has 2 N–H and O–H groups in total. The second-order valence-corrected chi connectivity index (χ2v) is 7.32. The van der Waals surface area contributed by atoms with E-state index in [9.17, 15) is 14.4 Å². The fraction of sp³-hybridized carbons (Fsp3) is 0.217. The Kier molecular flexibility index (Phi) is 5.18. The summed E-state index contributed by atoms with van der Waals surface area (Å²) >= 11 is 0. The van der Waals surface area contributed by atoms with E-state index in [2.05, 4.69) is 15.3 Å². The molecule has 0 fully saturated rings. The molecule has 2 heterocycles. The highest BCUT2D eigenvalue weighted by Crippen LogP contribution is 2.32. The molecule has 4 rings (SSSR count). The average Bonchev–Trinajstić information content (AvgIpc) is 2.73. The fourth-order valence-corrected chi connectivity index (χ4v) is 3.71. The largest absolute Gasteiger partial charge is 0.497 e. The third-order valence-electron chi connectivity index (χ3n) is 5.27. The van der Waals surface area contributed by atoms with Crippen molar-refractivity contribution >= 4 is 17.5 Å². The Balaban J connectivity index is 1.60. The topological polar surface area (TPSA) is 101 Å². The standard InChI is InChI=1S/C23H21N3O4/c1-13-4-3-5-21(24-13)26-23(29)18-12-17-19(25-22(18)28)10-15(11-20(17)27)14-6-8-16(30-2)9-7-14/h3-9,12,15H,10-11H2,1-2H3,(H,25,28)(H,24,26,29). The molecule has 1 amide bonds. The van der Waals surface area contributed by atoms with Crippen molar-refractivity contribution in [2.24, 2.45) is 0 Å². The number of anilines is 1. The number of methoxy groups -OCH3 is 1. The molecule has 0 spiro atoms. The van der Waals surface area contributed by atoms with Gasteiger partial charge in [-0.1, -0.05) is 18.2 Å². The number of ketones is 1. The number of Topliss-reactive ketones (excluding diaryl/α,β-unsaturated/α-hetero) is 1. The van der Waals surface area contributed by atoms with Crippen molar-refractivity contribution in [3.05, 3.63) is 87.0 Å². The number of aryl methyl sites for hydroxylation is 1. The van der Waals surface area contributed by atoms with Crippen LogP contribution in [0.25, 0.3) is 0 Å². The minimum atomic E-state index is -0.595. The van der Waals surface area contributed by atoms with Crippen molar-refractivity contribution in [2.45, 2.75) is 25.7 Å². The zero-order valence-electron chi connectivity index (χ0n) is 16.7. The Morgan fingerprint density at radius 2 is 1.90 bits per heavy atom. The van der Waals surface area contributed by atoms with E-state index in [-0.39, 0.29) is 17.3 Å². The summed E-state index contributed by atoms with van der Waals surface area (Å²) in [6, 6.07) is 14.2. The lowest BCUT2D eigenvalue weighted by Gasteiger charge is -2.24. The van der Waals surface area contributed by atoms with Crippen LogP contribution in [-0.2, 0) is 6.42 Å². The maximum atomic E-state index is 12.8. The maximum absolute atomic E-state index is 12.8. The van der Waals surface area contributed by atoms with Crippen molar-refractivity contribution in [3.8, 4) is 5.75 Å². The number of benzene rings is 1. The molecular weight excluding hydrogens is 382 g/mol. The zero-order valence-corrected chi connectivity index (χ0v) is 16.7. The van der Waals surface area contributed by atoms with Gasteiger partial charge in [-0.2, -0.15) is 0 Å². The summed E-state index contributed by atoms with van der Waals surface area (Å²) in [4.78, 5) is 44.9. The molecule has 0 saturated carbocycles. The van der Waals surface area contributed by atoms with Gasteiger partial charge in [-0.25, -0.2) is 4.98 Å². The van der Waals surface area contributed by atoms with Crippen LogP contribution in [0, 0.1) is 6.92 Å². The van der Waals surface area contributed by atoms with Crippen LogP contribution in [0.5, 0.6) is 5.75 Å². The first-order valence-corrected chi connectivity index (χ1v) is 9.63. The first-order chi connectivity index (χ1) is 14.4. The van der Waals surface area contributed by atoms with Gasteiger partial charge in [0.25, 0.3) is 11.5 Å². The van der Waals surface area contributed by atoms with E-state index in [4.69, 9.17) is 4.74 Å². The molecule has 0 aliphatic heterocycles. The number of nitrogens with zero attached hydrogens (tertiary/aromatic N) is 1. The fourth-order valence-electron chi connectivity index (χ4n) is 3.71. The molecule has 152 valence electrons. The molecule has 1 aromatic carbocycles. The molecule has 1 aliphatic rings. The van der Waals surface area contributed by atoms with Crippen LogP contribution in [-0.4, -0.2) is 28.8 Å². The van der Waals surface area contributed by atoms with E-state index in [1.165, 1.54) is 6.07 Å². The number of aromatic nitrogens is 2. The predicted octanol–water partition coefficient (Wildman–Crippen LogP) is 3.25. The molecule has 7 nitrogen and oxygen atoms in total.